The van der Waals surface area contributed by atoms with E-state index in [1.807, 2.05) is 72.8 Å². The van der Waals surface area contributed by atoms with Crippen LogP contribution in [0.2, 0.25) is 0 Å². The van der Waals surface area contributed by atoms with Gasteiger partial charge in [0.1, 0.15) is 17.1 Å². The number of furan rings is 1. The van der Waals surface area contributed by atoms with Crippen molar-refractivity contribution < 1.29 is 18.7 Å². The van der Waals surface area contributed by atoms with Crippen molar-refractivity contribution in [1.82, 2.24) is 0 Å². The quantitative estimate of drug-likeness (QED) is 0.224. The van der Waals surface area contributed by atoms with E-state index >= 15 is 0 Å². The highest BCUT2D eigenvalue weighted by Crippen LogP contribution is 2.29. The molecule has 0 unspecified atom stereocenters. The predicted octanol–water partition coefficient (Wildman–Crippen LogP) is 7.43. The lowest BCUT2D eigenvalue weighted by Crippen LogP contribution is -2.14. The molecule has 0 saturated heterocycles. The molecule has 0 aliphatic heterocycles. The highest BCUT2D eigenvalue weighted by Gasteiger charge is 2.22. The number of carbonyl (C=O) groups is 1. The maximum atomic E-state index is 13.5. The molecule has 0 saturated carbocycles. The average Bonchev–Trinajstić information content (AvgIpc) is 3.37. The van der Waals surface area contributed by atoms with Crippen molar-refractivity contribution in [2.45, 2.75) is 6.10 Å². The largest absolute Gasteiger partial charge is 0.497 e. The third-order valence-corrected chi connectivity index (χ3v) is 6.00. The first-order valence-electron chi connectivity index (χ1n) is 11.8. The van der Waals surface area contributed by atoms with Gasteiger partial charge in [-0.1, -0.05) is 72.8 Å². The number of hydrogen-bond donors (Lipinski definition) is 0. The minimum Gasteiger partial charge on any atom is -0.497 e. The fourth-order valence-electron chi connectivity index (χ4n) is 4.13. The molecule has 0 aliphatic rings. The van der Waals surface area contributed by atoms with Crippen LogP contribution >= 0.6 is 0 Å². The summed E-state index contributed by atoms with van der Waals surface area (Å²) in [4.78, 5) is 13.5. The highest BCUT2D eigenvalue weighted by molar-refractivity contribution is 5.96. The first-order chi connectivity index (χ1) is 18.1. The summed E-state index contributed by atoms with van der Waals surface area (Å²) >= 11 is 0. The van der Waals surface area contributed by atoms with Crippen LogP contribution in [-0.2, 0) is 4.74 Å². The maximum Gasteiger partial charge on any atom is 0.339 e. The zero-order valence-corrected chi connectivity index (χ0v) is 20.1. The van der Waals surface area contributed by atoms with E-state index in [-0.39, 0.29) is 0 Å². The standard InChI is InChI=1S/C32H23NO4/c1-35-27-15-13-23(14-16-28-19-26-18-22(21-33)12-17-30(26)36-28)29(20-27)32(34)37-31(24-8-4-2-5-9-24)25-10-6-3-7-11-25/h2-20,31H,1H3. The van der Waals surface area contributed by atoms with Crippen molar-refractivity contribution in [1.29, 1.82) is 5.26 Å². The summed E-state index contributed by atoms with van der Waals surface area (Å²) in [5.41, 5.74) is 4.03. The van der Waals surface area contributed by atoms with E-state index in [1.165, 1.54) is 0 Å². The van der Waals surface area contributed by atoms with Crippen molar-refractivity contribution in [2.75, 3.05) is 7.11 Å². The predicted molar refractivity (Wildman–Crippen MR) is 143 cm³/mol. The SMILES string of the molecule is COc1ccc(C=Cc2cc3cc(C#N)ccc3o2)c(C(=O)OC(c2ccccc2)c2ccccc2)c1. The van der Waals surface area contributed by atoms with Crippen LogP contribution in [-0.4, -0.2) is 13.1 Å². The molecule has 1 aromatic heterocycles. The molecule has 180 valence electrons. The second-order valence-electron chi connectivity index (χ2n) is 8.41. The highest BCUT2D eigenvalue weighted by atomic mass is 16.5. The fourth-order valence-corrected chi connectivity index (χ4v) is 4.13. The molecule has 0 fully saturated rings. The topological polar surface area (TPSA) is 72.5 Å². The molecule has 1 heterocycles. The van der Waals surface area contributed by atoms with Crippen molar-refractivity contribution >= 4 is 29.1 Å². The van der Waals surface area contributed by atoms with E-state index in [4.69, 9.17) is 19.2 Å². The second-order valence-corrected chi connectivity index (χ2v) is 8.41. The van der Waals surface area contributed by atoms with Crippen LogP contribution in [0.3, 0.4) is 0 Å². The molecular formula is C32H23NO4. The van der Waals surface area contributed by atoms with Crippen molar-refractivity contribution in [3.63, 3.8) is 0 Å². The van der Waals surface area contributed by atoms with Gasteiger partial charge in [0.15, 0.2) is 6.10 Å². The van der Waals surface area contributed by atoms with Gasteiger partial charge in [0.2, 0.25) is 0 Å². The van der Waals surface area contributed by atoms with Gasteiger partial charge in [-0.2, -0.15) is 5.26 Å². The van der Waals surface area contributed by atoms with Crippen LogP contribution in [0.1, 0.15) is 44.5 Å². The third-order valence-electron chi connectivity index (χ3n) is 6.00. The summed E-state index contributed by atoms with van der Waals surface area (Å²) in [6, 6.07) is 33.8. The number of hydrogen-bond acceptors (Lipinski definition) is 5. The first-order valence-corrected chi connectivity index (χ1v) is 11.8. The molecule has 5 aromatic rings. The molecule has 5 heteroatoms. The smallest absolute Gasteiger partial charge is 0.339 e. The normalized spacial score (nSPS) is 11.1. The van der Waals surface area contributed by atoms with Crippen LogP contribution in [0.4, 0.5) is 0 Å². The van der Waals surface area contributed by atoms with Gasteiger partial charge >= 0.3 is 5.97 Å². The van der Waals surface area contributed by atoms with Gasteiger partial charge in [-0.3, -0.25) is 0 Å². The van der Waals surface area contributed by atoms with Crippen LogP contribution in [0.15, 0.2) is 108 Å². The minimum atomic E-state index is -0.567. The van der Waals surface area contributed by atoms with Gasteiger partial charge in [0.25, 0.3) is 0 Å². The van der Waals surface area contributed by atoms with E-state index in [0.717, 1.165) is 16.5 Å². The molecule has 0 N–H and O–H groups in total. The molecule has 4 aromatic carbocycles. The van der Waals surface area contributed by atoms with Gasteiger partial charge in [-0.25, -0.2) is 4.79 Å². The van der Waals surface area contributed by atoms with Crippen molar-refractivity contribution in [3.05, 3.63) is 137 Å². The number of fused-ring (bicyclic) bond motifs is 1. The molecule has 5 nitrogen and oxygen atoms in total. The number of methoxy groups -OCH3 is 1. The molecule has 0 amide bonds. The Labute approximate surface area is 214 Å². The number of ether oxygens (including phenoxy) is 2. The Kier molecular flexibility index (Phi) is 6.82. The van der Waals surface area contributed by atoms with E-state index in [2.05, 4.69) is 6.07 Å². The monoisotopic (exact) mass is 485 g/mol. The maximum absolute atomic E-state index is 13.5. The average molecular weight is 486 g/mol. The number of esters is 1. The summed E-state index contributed by atoms with van der Waals surface area (Å²) in [5, 5.41) is 9.98. The van der Waals surface area contributed by atoms with Gasteiger partial charge in [0.05, 0.1) is 24.3 Å². The lowest BCUT2D eigenvalue weighted by atomic mass is 10.0. The molecule has 5 rings (SSSR count). The van der Waals surface area contributed by atoms with Crippen molar-refractivity contribution in [2.24, 2.45) is 0 Å². The molecule has 0 radical (unpaired) electrons. The number of benzene rings is 4. The lowest BCUT2D eigenvalue weighted by Gasteiger charge is -2.20. The third kappa shape index (κ3) is 5.29. The molecule has 0 atom stereocenters. The Morgan fingerprint density at radius 3 is 2.22 bits per heavy atom. The number of carbonyl (C=O) groups excluding carboxylic acids is 1. The Balaban J connectivity index is 1.48. The fraction of sp³-hybridized carbons (Fsp3) is 0.0625. The molecule has 0 bridgehead atoms. The van der Waals surface area contributed by atoms with E-state index in [9.17, 15) is 4.79 Å². The van der Waals surface area contributed by atoms with Gasteiger partial charge < -0.3 is 13.9 Å². The Morgan fingerprint density at radius 2 is 1.57 bits per heavy atom. The molecule has 37 heavy (non-hydrogen) atoms. The van der Waals surface area contributed by atoms with E-state index in [1.54, 1.807) is 49.6 Å². The van der Waals surface area contributed by atoms with Crippen LogP contribution in [0, 0.1) is 11.3 Å². The van der Waals surface area contributed by atoms with Crippen molar-refractivity contribution in [3.8, 4) is 11.8 Å². The summed E-state index contributed by atoms with van der Waals surface area (Å²) in [5.74, 6) is 0.680. The summed E-state index contributed by atoms with van der Waals surface area (Å²) in [7, 11) is 1.56. The van der Waals surface area contributed by atoms with Crippen LogP contribution in [0.5, 0.6) is 5.75 Å². The summed E-state index contributed by atoms with van der Waals surface area (Å²) in [6.45, 7) is 0. The zero-order valence-electron chi connectivity index (χ0n) is 20.1. The van der Waals surface area contributed by atoms with E-state index in [0.29, 0.717) is 33.8 Å². The lowest BCUT2D eigenvalue weighted by molar-refractivity contribution is 0.0377. The molecular weight excluding hydrogens is 462 g/mol. The molecule has 0 spiro atoms. The number of nitrogens with zero attached hydrogens (tertiary/aromatic N) is 1. The van der Waals surface area contributed by atoms with Crippen LogP contribution < -0.4 is 4.74 Å². The second kappa shape index (κ2) is 10.7. The Bertz CT molecular complexity index is 1570. The number of rotatable bonds is 7. The van der Waals surface area contributed by atoms with Gasteiger partial charge in [0, 0.05) is 5.39 Å². The Morgan fingerprint density at radius 1 is 0.865 bits per heavy atom. The van der Waals surface area contributed by atoms with E-state index < -0.39 is 12.1 Å². The van der Waals surface area contributed by atoms with Gasteiger partial charge in [-0.15, -0.1) is 0 Å². The number of nitriles is 1. The Hall–Kier alpha value is -5.08. The van der Waals surface area contributed by atoms with Crippen LogP contribution in [0.25, 0.3) is 23.1 Å². The summed E-state index contributed by atoms with van der Waals surface area (Å²) < 4.78 is 17.4. The first kappa shape index (κ1) is 23.7. The zero-order chi connectivity index (χ0) is 25.6. The molecule has 0 aliphatic carbocycles. The minimum absolute atomic E-state index is 0.371. The van der Waals surface area contributed by atoms with Gasteiger partial charge in [-0.05, 0) is 59.2 Å². The summed E-state index contributed by atoms with van der Waals surface area (Å²) in [6.07, 6.45) is 3.03.